The minimum atomic E-state index is -0.969. The zero-order valence-corrected chi connectivity index (χ0v) is 8.99. The molecule has 0 rings (SSSR count). The largest absolute Gasteiger partial charge is 0.366 e. The Labute approximate surface area is 85.0 Å². The van der Waals surface area contributed by atoms with Gasteiger partial charge in [0, 0.05) is 0 Å². The second-order valence-electron chi connectivity index (χ2n) is 3.30. The lowest BCUT2D eigenvalue weighted by molar-refractivity contribution is -0.149. The van der Waals surface area contributed by atoms with Crippen molar-refractivity contribution < 1.29 is 14.6 Å². The zero-order valence-electron chi connectivity index (χ0n) is 8.99. The fourth-order valence-corrected chi connectivity index (χ4v) is 0.990. The Balaban J connectivity index is 4.11. The number of aliphatic hydroxyl groups excluding tert-OH is 1. The van der Waals surface area contributed by atoms with Gasteiger partial charge < -0.3 is 15.2 Å². The van der Waals surface area contributed by atoms with Crippen LogP contribution in [0, 0.1) is 0 Å². The smallest absolute Gasteiger partial charge is 0.243 e. The Morgan fingerprint density at radius 1 is 1.64 bits per heavy atom. The van der Waals surface area contributed by atoms with Crippen molar-refractivity contribution in [3.8, 4) is 0 Å². The summed E-state index contributed by atoms with van der Waals surface area (Å²) in [5.41, 5.74) is 0. The molecule has 0 radical (unpaired) electrons. The lowest BCUT2D eigenvalue weighted by atomic mass is 10.2. The number of rotatable bonds is 6. The van der Waals surface area contributed by atoms with E-state index in [4.69, 9.17) is 4.74 Å². The number of aliphatic hydroxyl groups is 1. The number of hydrogen-bond acceptors (Lipinski definition) is 3. The van der Waals surface area contributed by atoms with Crippen molar-refractivity contribution >= 4 is 5.91 Å². The number of hydrogen-bond donors (Lipinski definition) is 2. The summed E-state index contributed by atoms with van der Waals surface area (Å²) in [6, 6.07) is -0.386. The highest BCUT2D eigenvalue weighted by molar-refractivity contribution is 5.87. The summed E-state index contributed by atoms with van der Waals surface area (Å²) in [6.45, 7) is 8.85. The first-order valence-corrected chi connectivity index (χ1v) is 4.77. The molecular formula is C10H19NO3. The molecule has 0 aromatic rings. The first kappa shape index (κ1) is 13.1. The summed E-state index contributed by atoms with van der Waals surface area (Å²) in [6.07, 6.45) is 0.738. The van der Waals surface area contributed by atoms with Gasteiger partial charge in [0.05, 0.1) is 12.1 Å². The van der Waals surface area contributed by atoms with E-state index >= 15 is 0 Å². The fourth-order valence-electron chi connectivity index (χ4n) is 0.990. The molecule has 0 spiro atoms. The Hall–Kier alpha value is -0.870. The molecule has 14 heavy (non-hydrogen) atoms. The molecule has 4 heteroatoms. The van der Waals surface area contributed by atoms with Gasteiger partial charge in [-0.15, -0.1) is 0 Å². The van der Waals surface area contributed by atoms with Crippen LogP contribution >= 0.6 is 0 Å². The van der Waals surface area contributed by atoms with Gasteiger partial charge in [-0.3, -0.25) is 4.79 Å². The summed E-state index contributed by atoms with van der Waals surface area (Å²) in [7, 11) is 0. The normalized spacial score (nSPS) is 14.9. The highest BCUT2D eigenvalue weighted by Gasteiger charge is 2.19. The van der Waals surface area contributed by atoms with Crippen LogP contribution in [-0.2, 0) is 9.53 Å². The van der Waals surface area contributed by atoms with E-state index < -0.39 is 6.29 Å². The molecule has 2 atom stereocenters. The van der Waals surface area contributed by atoms with Gasteiger partial charge in [0.15, 0.2) is 6.29 Å². The van der Waals surface area contributed by atoms with E-state index in [1.54, 1.807) is 0 Å². The van der Waals surface area contributed by atoms with E-state index in [9.17, 15) is 9.90 Å². The van der Waals surface area contributed by atoms with Crippen molar-refractivity contribution in [2.45, 2.75) is 45.6 Å². The van der Waals surface area contributed by atoms with Crippen LogP contribution in [0.5, 0.6) is 0 Å². The molecule has 0 aromatic heterocycles. The van der Waals surface area contributed by atoms with Crippen molar-refractivity contribution in [2.75, 3.05) is 0 Å². The van der Waals surface area contributed by atoms with Gasteiger partial charge in [-0.25, -0.2) is 0 Å². The Morgan fingerprint density at radius 2 is 2.21 bits per heavy atom. The van der Waals surface area contributed by atoms with Gasteiger partial charge in [-0.2, -0.15) is 0 Å². The number of carbonyl (C=O) groups is 1. The molecule has 2 unspecified atom stereocenters. The van der Waals surface area contributed by atoms with E-state index in [1.807, 2.05) is 20.8 Å². The maximum Gasteiger partial charge on any atom is 0.243 e. The Morgan fingerprint density at radius 3 is 2.57 bits per heavy atom. The third-order valence-corrected chi connectivity index (χ3v) is 1.71. The average Bonchev–Trinajstić information content (AvgIpc) is 2.12. The van der Waals surface area contributed by atoms with Crippen LogP contribution in [0.1, 0.15) is 27.2 Å². The second kappa shape index (κ2) is 6.56. The zero-order chi connectivity index (χ0) is 11.1. The monoisotopic (exact) mass is 201 g/mol. The highest BCUT2D eigenvalue weighted by Crippen LogP contribution is 2.03. The number of amides is 1. The van der Waals surface area contributed by atoms with Crippen LogP contribution in [0.15, 0.2) is 12.7 Å². The molecular weight excluding hydrogens is 182 g/mol. The molecule has 0 bridgehead atoms. The molecule has 0 aliphatic heterocycles. The number of nitrogens with one attached hydrogen (secondary N) is 1. The molecule has 0 saturated carbocycles. The number of ether oxygens (including phenoxy) is 1. The van der Waals surface area contributed by atoms with Gasteiger partial charge in [-0.1, -0.05) is 13.5 Å². The lowest BCUT2D eigenvalue weighted by Crippen LogP contribution is -2.44. The average molecular weight is 201 g/mol. The van der Waals surface area contributed by atoms with E-state index in [1.165, 1.54) is 6.08 Å². The van der Waals surface area contributed by atoms with Crippen molar-refractivity contribution in [1.29, 1.82) is 0 Å². The first-order valence-electron chi connectivity index (χ1n) is 4.77. The summed E-state index contributed by atoms with van der Waals surface area (Å²) in [5, 5.41) is 12.1. The van der Waals surface area contributed by atoms with Crippen molar-refractivity contribution in [3.05, 3.63) is 12.7 Å². The van der Waals surface area contributed by atoms with Crippen LogP contribution < -0.4 is 5.32 Å². The van der Waals surface area contributed by atoms with E-state index in [0.29, 0.717) is 6.42 Å². The minimum absolute atomic E-state index is 0.0697. The molecule has 0 aliphatic rings. The molecule has 0 aliphatic carbocycles. The second-order valence-corrected chi connectivity index (χ2v) is 3.30. The third kappa shape index (κ3) is 4.99. The molecule has 0 saturated heterocycles. The molecule has 1 amide bonds. The quantitative estimate of drug-likeness (QED) is 0.494. The predicted molar refractivity (Wildman–Crippen MR) is 54.6 cm³/mol. The fraction of sp³-hybridized carbons (Fsp3) is 0.700. The summed E-state index contributed by atoms with van der Waals surface area (Å²) < 4.78 is 5.16. The standard InChI is InChI=1S/C10H19NO3/c1-5-8(11-9(12)6-2)10(13)14-7(3)4/h6-8,10,13H,2,5H2,1,3-4H3,(H,11,12). The lowest BCUT2D eigenvalue weighted by Gasteiger charge is -2.24. The summed E-state index contributed by atoms with van der Waals surface area (Å²) in [4.78, 5) is 11.0. The van der Waals surface area contributed by atoms with Crippen LogP contribution in [0.4, 0.5) is 0 Å². The Kier molecular flexibility index (Phi) is 6.16. The molecule has 2 N–H and O–H groups in total. The van der Waals surface area contributed by atoms with Crippen molar-refractivity contribution in [1.82, 2.24) is 5.32 Å². The van der Waals surface area contributed by atoms with Gasteiger partial charge in [0.1, 0.15) is 0 Å². The highest BCUT2D eigenvalue weighted by atomic mass is 16.6. The molecule has 4 nitrogen and oxygen atoms in total. The van der Waals surface area contributed by atoms with Crippen LogP contribution in [0.25, 0.3) is 0 Å². The van der Waals surface area contributed by atoms with Gasteiger partial charge in [0.2, 0.25) is 5.91 Å². The predicted octanol–water partition coefficient (Wildman–Crippen LogP) is 0.811. The SMILES string of the molecule is C=CC(=O)NC(CC)C(O)OC(C)C. The van der Waals surface area contributed by atoms with Crippen molar-refractivity contribution in [2.24, 2.45) is 0 Å². The number of carbonyl (C=O) groups excluding carboxylic acids is 1. The molecule has 82 valence electrons. The van der Waals surface area contributed by atoms with E-state index in [2.05, 4.69) is 11.9 Å². The maximum atomic E-state index is 11.0. The molecule has 0 aromatic carbocycles. The first-order chi connectivity index (χ1) is 6.51. The summed E-state index contributed by atoms with van der Waals surface area (Å²) >= 11 is 0. The van der Waals surface area contributed by atoms with Gasteiger partial charge in [0.25, 0.3) is 0 Å². The van der Waals surface area contributed by atoms with E-state index in [-0.39, 0.29) is 18.1 Å². The molecule has 0 fully saturated rings. The van der Waals surface area contributed by atoms with E-state index in [0.717, 1.165) is 0 Å². The van der Waals surface area contributed by atoms with Crippen LogP contribution in [-0.4, -0.2) is 29.4 Å². The van der Waals surface area contributed by atoms with Crippen LogP contribution in [0.3, 0.4) is 0 Å². The Bertz CT molecular complexity index is 192. The summed E-state index contributed by atoms with van der Waals surface area (Å²) in [5.74, 6) is -0.303. The van der Waals surface area contributed by atoms with Crippen LogP contribution in [0.2, 0.25) is 0 Å². The maximum absolute atomic E-state index is 11.0. The third-order valence-electron chi connectivity index (χ3n) is 1.71. The van der Waals surface area contributed by atoms with Crippen molar-refractivity contribution in [3.63, 3.8) is 0 Å². The van der Waals surface area contributed by atoms with Gasteiger partial charge in [-0.05, 0) is 26.3 Å². The van der Waals surface area contributed by atoms with Gasteiger partial charge >= 0.3 is 0 Å². The topological polar surface area (TPSA) is 58.6 Å². The minimum Gasteiger partial charge on any atom is -0.366 e. The molecule has 0 heterocycles.